The van der Waals surface area contributed by atoms with Gasteiger partial charge in [-0.25, -0.2) is 4.98 Å². The maximum atomic E-state index is 12.2. The fourth-order valence-electron chi connectivity index (χ4n) is 2.72. The number of amides is 1. The van der Waals surface area contributed by atoms with Crippen LogP contribution in [0.3, 0.4) is 0 Å². The summed E-state index contributed by atoms with van der Waals surface area (Å²) in [4.78, 5) is 20.5. The SMILES string of the molecule is CCc1cccc(C)c1Nc1ccc(C(=O)NCc2cccnc2)nc1. The van der Waals surface area contributed by atoms with E-state index in [1.165, 1.54) is 11.1 Å². The summed E-state index contributed by atoms with van der Waals surface area (Å²) in [6.45, 7) is 4.64. The number of pyridine rings is 2. The van der Waals surface area contributed by atoms with Gasteiger partial charge >= 0.3 is 0 Å². The first kappa shape index (κ1) is 17.6. The van der Waals surface area contributed by atoms with Crippen LogP contribution in [0.2, 0.25) is 0 Å². The minimum Gasteiger partial charge on any atom is -0.354 e. The fourth-order valence-corrected chi connectivity index (χ4v) is 2.72. The molecule has 2 aromatic heterocycles. The number of anilines is 2. The third-order valence-corrected chi connectivity index (χ3v) is 4.18. The number of nitrogens with zero attached hydrogens (tertiary/aromatic N) is 2. The van der Waals surface area contributed by atoms with E-state index in [2.05, 4.69) is 52.6 Å². The molecule has 0 radical (unpaired) electrons. The molecule has 3 aromatic rings. The van der Waals surface area contributed by atoms with Crippen LogP contribution in [0.1, 0.15) is 34.1 Å². The second-order valence-electron chi connectivity index (χ2n) is 6.06. The monoisotopic (exact) mass is 346 g/mol. The maximum Gasteiger partial charge on any atom is 0.270 e. The molecule has 0 bridgehead atoms. The normalized spacial score (nSPS) is 10.4. The highest BCUT2D eigenvalue weighted by atomic mass is 16.1. The average molecular weight is 346 g/mol. The van der Waals surface area contributed by atoms with Crippen molar-refractivity contribution < 1.29 is 4.79 Å². The molecule has 2 heterocycles. The summed E-state index contributed by atoms with van der Waals surface area (Å²) in [5.74, 6) is -0.203. The molecule has 1 amide bonds. The Labute approximate surface area is 153 Å². The number of hydrogen-bond donors (Lipinski definition) is 2. The number of rotatable bonds is 6. The zero-order valence-corrected chi connectivity index (χ0v) is 15.0. The standard InChI is InChI=1S/C21H22N4O/c1-3-17-8-4-6-15(2)20(17)25-18-9-10-19(23-14-18)21(26)24-13-16-7-5-11-22-12-16/h4-12,14,25H,3,13H2,1-2H3,(H,24,26). The molecule has 5 nitrogen and oxygen atoms in total. The Bertz CT molecular complexity index is 876. The Morgan fingerprint density at radius 1 is 1.08 bits per heavy atom. The Morgan fingerprint density at radius 2 is 1.96 bits per heavy atom. The van der Waals surface area contributed by atoms with E-state index in [4.69, 9.17) is 0 Å². The van der Waals surface area contributed by atoms with Crippen LogP contribution in [0, 0.1) is 6.92 Å². The predicted molar refractivity (Wildman–Crippen MR) is 103 cm³/mol. The van der Waals surface area contributed by atoms with Crippen LogP contribution in [0.25, 0.3) is 0 Å². The molecule has 0 spiro atoms. The van der Waals surface area contributed by atoms with Gasteiger partial charge in [0, 0.05) is 24.6 Å². The van der Waals surface area contributed by atoms with Crippen LogP contribution >= 0.6 is 0 Å². The van der Waals surface area contributed by atoms with Gasteiger partial charge in [0.2, 0.25) is 0 Å². The molecule has 0 saturated carbocycles. The van der Waals surface area contributed by atoms with Crippen LogP contribution in [-0.4, -0.2) is 15.9 Å². The summed E-state index contributed by atoms with van der Waals surface area (Å²) in [6.07, 6.45) is 6.07. The van der Waals surface area contributed by atoms with E-state index in [0.717, 1.165) is 23.4 Å². The van der Waals surface area contributed by atoms with Crippen molar-refractivity contribution in [3.63, 3.8) is 0 Å². The molecule has 0 atom stereocenters. The molecule has 132 valence electrons. The van der Waals surface area contributed by atoms with E-state index in [0.29, 0.717) is 12.2 Å². The molecule has 5 heteroatoms. The van der Waals surface area contributed by atoms with E-state index in [9.17, 15) is 4.79 Å². The van der Waals surface area contributed by atoms with Gasteiger partial charge in [0.25, 0.3) is 5.91 Å². The highest BCUT2D eigenvalue weighted by Gasteiger charge is 2.08. The molecule has 0 aliphatic carbocycles. The van der Waals surface area contributed by atoms with Crippen molar-refractivity contribution in [1.82, 2.24) is 15.3 Å². The maximum absolute atomic E-state index is 12.2. The van der Waals surface area contributed by atoms with E-state index in [1.807, 2.05) is 18.2 Å². The summed E-state index contributed by atoms with van der Waals surface area (Å²) < 4.78 is 0. The summed E-state index contributed by atoms with van der Waals surface area (Å²) in [7, 11) is 0. The zero-order chi connectivity index (χ0) is 18.4. The van der Waals surface area contributed by atoms with Crippen LogP contribution < -0.4 is 10.6 Å². The van der Waals surface area contributed by atoms with Crippen LogP contribution in [0.4, 0.5) is 11.4 Å². The molecule has 0 aliphatic rings. The van der Waals surface area contributed by atoms with E-state index in [1.54, 1.807) is 24.7 Å². The van der Waals surface area contributed by atoms with Crippen molar-refractivity contribution in [3.8, 4) is 0 Å². The third kappa shape index (κ3) is 4.25. The van der Waals surface area contributed by atoms with Gasteiger partial charge in [0.05, 0.1) is 11.9 Å². The minimum atomic E-state index is -0.203. The van der Waals surface area contributed by atoms with Crippen molar-refractivity contribution in [2.24, 2.45) is 0 Å². The number of para-hydroxylation sites is 1. The first-order chi connectivity index (χ1) is 12.7. The largest absolute Gasteiger partial charge is 0.354 e. The van der Waals surface area contributed by atoms with Gasteiger partial charge < -0.3 is 10.6 Å². The first-order valence-corrected chi connectivity index (χ1v) is 8.66. The van der Waals surface area contributed by atoms with Gasteiger partial charge in [-0.1, -0.05) is 31.2 Å². The lowest BCUT2D eigenvalue weighted by Gasteiger charge is -2.14. The Hall–Kier alpha value is -3.21. The molecule has 0 saturated heterocycles. The smallest absolute Gasteiger partial charge is 0.270 e. The topological polar surface area (TPSA) is 66.9 Å². The molecule has 2 N–H and O–H groups in total. The lowest BCUT2D eigenvalue weighted by molar-refractivity contribution is 0.0946. The first-order valence-electron chi connectivity index (χ1n) is 8.66. The second-order valence-corrected chi connectivity index (χ2v) is 6.06. The number of aryl methyl sites for hydroxylation is 2. The molecule has 3 rings (SSSR count). The van der Waals surface area contributed by atoms with Crippen molar-refractivity contribution in [3.05, 3.63) is 83.4 Å². The highest BCUT2D eigenvalue weighted by Crippen LogP contribution is 2.25. The van der Waals surface area contributed by atoms with Gasteiger partial charge in [-0.2, -0.15) is 0 Å². The second kappa shape index (κ2) is 8.25. The van der Waals surface area contributed by atoms with E-state index < -0.39 is 0 Å². The summed E-state index contributed by atoms with van der Waals surface area (Å²) in [6, 6.07) is 13.6. The molecule has 0 aliphatic heterocycles. The molecule has 0 fully saturated rings. The Morgan fingerprint density at radius 3 is 2.65 bits per heavy atom. The molecular weight excluding hydrogens is 324 g/mol. The third-order valence-electron chi connectivity index (χ3n) is 4.18. The van der Waals surface area contributed by atoms with Gasteiger partial charge in [0.15, 0.2) is 0 Å². The van der Waals surface area contributed by atoms with Gasteiger partial charge in [-0.05, 0) is 48.2 Å². The van der Waals surface area contributed by atoms with Gasteiger partial charge in [0.1, 0.15) is 5.69 Å². The summed E-state index contributed by atoms with van der Waals surface area (Å²) in [5, 5.41) is 6.26. The average Bonchev–Trinajstić information content (AvgIpc) is 2.69. The van der Waals surface area contributed by atoms with Crippen molar-refractivity contribution in [1.29, 1.82) is 0 Å². The lowest BCUT2D eigenvalue weighted by atomic mass is 10.1. The molecular formula is C21H22N4O. The van der Waals surface area contributed by atoms with E-state index in [-0.39, 0.29) is 5.91 Å². The predicted octanol–water partition coefficient (Wildman–Crippen LogP) is 4.02. The number of carbonyl (C=O) groups is 1. The number of hydrogen-bond acceptors (Lipinski definition) is 4. The zero-order valence-electron chi connectivity index (χ0n) is 15.0. The molecule has 1 aromatic carbocycles. The Kier molecular flexibility index (Phi) is 5.59. The van der Waals surface area contributed by atoms with Gasteiger partial charge in [-0.3, -0.25) is 9.78 Å². The summed E-state index contributed by atoms with van der Waals surface area (Å²) >= 11 is 0. The number of nitrogens with one attached hydrogen (secondary N) is 2. The number of benzene rings is 1. The van der Waals surface area contributed by atoms with Crippen molar-refractivity contribution >= 4 is 17.3 Å². The van der Waals surface area contributed by atoms with E-state index >= 15 is 0 Å². The van der Waals surface area contributed by atoms with Crippen LogP contribution in [0.5, 0.6) is 0 Å². The molecule has 0 unspecified atom stereocenters. The summed E-state index contributed by atoms with van der Waals surface area (Å²) in [5.41, 5.74) is 5.74. The quantitative estimate of drug-likeness (QED) is 0.707. The number of aromatic nitrogens is 2. The van der Waals surface area contributed by atoms with Crippen molar-refractivity contribution in [2.75, 3.05) is 5.32 Å². The Balaban J connectivity index is 1.66. The molecule has 26 heavy (non-hydrogen) atoms. The fraction of sp³-hybridized carbons (Fsp3) is 0.190. The van der Waals surface area contributed by atoms with Crippen LogP contribution in [0.15, 0.2) is 61.1 Å². The highest BCUT2D eigenvalue weighted by molar-refractivity contribution is 5.92. The number of carbonyl (C=O) groups excluding carboxylic acids is 1. The van der Waals surface area contributed by atoms with Crippen molar-refractivity contribution in [2.45, 2.75) is 26.8 Å². The van der Waals surface area contributed by atoms with Gasteiger partial charge in [-0.15, -0.1) is 0 Å². The minimum absolute atomic E-state index is 0.203. The lowest BCUT2D eigenvalue weighted by Crippen LogP contribution is -2.23. The van der Waals surface area contributed by atoms with Crippen LogP contribution in [-0.2, 0) is 13.0 Å².